The molecule has 4 heteroatoms. The Labute approximate surface area is 103 Å². The van der Waals surface area contributed by atoms with Gasteiger partial charge in [0, 0.05) is 32.0 Å². The Morgan fingerprint density at radius 2 is 1.76 bits per heavy atom. The van der Waals surface area contributed by atoms with E-state index in [0.717, 1.165) is 43.2 Å². The number of benzene rings is 1. The monoisotopic (exact) mass is 239 g/mol. The molecule has 1 rings (SSSR count). The molecular weight excluding hydrogens is 218 g/mol. The summed E-state index contributed by atoms with van der Waals surface area (Å²) in [4.78, 5) is 0. The van der Waals surface area contributed by atoms with E-state index in [4.69, 9.17) is 14.2 Å². The first kappa shape index (κ1) is 13.6. The molecule has 4 nitrogen and oxygen atoms in total. The van der Waals surface area contributed by atoms with Crippen molar-refractivity contribution >= 4 is 5.69 Å². The molecule has 96 valence electrons. The largest absolute Gasteiger partial charge is 0.493 e. The molecule has 1 aromatic carbocycles. The van der Waals surface area contributed by atoms with Crippen LogP contribution >= 0.6 is 0 Å². The fraction of sp³-hybridized carbons (Fsp3) is 0.538. The van der Waals surface area contributed by atoms with Gasteiger partial charge in [0.05, 0.1) is 14.2 Å². The van der Waals surface area contributed by atoms with Crippen LogP contribution in [0.5, 0.6) is 11.5 Å². The van der Waals surface area contributed by atoms with E-state index in [2.05, 4.69) is 5.32 Å². The van der Waals surface area contributed by atoms with Crippen LogP contribution < -0.4 is 14.8 Å². The summed E-state index contributed by atoms with van der Waals surface area (Å²) in [7, 11) is 5.00. The second-order valence-corrected chi connectivity index (χ2v) is 3.70. The van der Waals surface area contributed by atoms with Crippen LogP contribution in [-0.2, 0) is 4.74 Å². The Morgan fingerprint density at radius 3 is 2.41 bits per heavy atom. The average Bonchev–Trinajstić information content (AvgIpc) is 2.38. The van der Waals surface area contributed by atoms with Crippen LogP contribution in [0.1, 0.15) is 12.8 Å². The fourth-order valence-electron chi connectivity index (χ4n) is 1.55. The van der Waals surface area contributed by atoms with Crippen molar-refractivity contribution in [3.8, 4) is 11.5 Å². The quantitative estimate of drug-likeness (QED) is 0.708. The Morgan fingerprint density at radius 1 is 1.00 bits per heavy atom. The highest BCUT2D eigenvalue weighted by Crippen LogP contribution is 2.29. The molecule has 1 aromatic rings. The zero-order valence-corrected chi connectivity index (χ0v) is 10.8. The Hall–Kier alpha value is -1.42. The minimum atomic E-state index is 0.745. The van der Waals surface area contributed by atoms with Crippen molar-refractivity contribution in [2.45, 2.75) is 12.8 Å². The van der Waals surface area contributed by atoms with Gasteiger partial charge in [0.2, 0.25) is 0 Å². The number of hydrogen-bond donors (Lipinski definition) is 1. The number of rotatable bonds is 8. The third-order valence-corrected chi connectivity index (χ3v) is 2.49. The van der Waals surface area contributed by atoms with E-state index < -0.39 is 0 Å². The predicted molar refractivity (Wildman–Crippen MR) is 69.1 cm³/mol. The molecule has 0 aliphatic carbocycles. The van der Waals surface area contributed by atoms with E-state index in [1.54, 1.807) is 21.3 Å². The predicted octanol–water partition coefficient (Wildman–Crippen LogP) is 2.54. The van der Waals surface area contributed by atoms with Crippen molar-refractivity contribution in [3.05, 3.63) is 18.2 Å². The van der Waals surface area contributed by atoms with Crippen molar-refractivity contribution in [2.75, 3.05) is 39.8 Å². The van der Waals surface area contributed by atoms with Gasteiger partial charge in [-0.25, -0.2) is 0 Å². The van der Waals surface area contributed by atoms with Gasteiger partial charge in [-0.05, 0) is 25.0 Å². The highest BCUT2D eigenvalue weighted by molar-refractivity contribution is 5.54. The van der Waals surface area contributed by atoms with Crippen molar-refractivity contribution in [1.29, 1.82) is 0 Å². The van der Waals surface area contributed by atoms with Gasteiger partial charge in [0.1, 0.15) is 0 Å². The van der Waals surface area contributed by atoms with Gasteiger partial charge in [0.25, 0.3) is 0 Å². The summed E-state index contributed by atoms with van der Waals surface area (Å²) >= 11 is 0. The third kappa shape index (κ3) is 4.53. The molecule has 0 aliphatic rings. The molecule has 0 unspecified atom stereocenters. The maximum atomic E-state index is 5.24. The van der Waals surface area contributed by atoms with E-state index in [9.17, 15) is 0 Å². The van der Waals surface area contributed by atoms with E-state index in [0.29, 0.717) is 0 Å². The lowest BCUT2D eigenvalue weighted by Gasteiger charge is -2.11. The van der Waals surface area contributed by atoms with Crippen molar-refractivity contribution in [2.24, 2.45) is 0 Å². The molecule has 0 bridgehead atoms. The Kier molecular flexibility index (Phi) is 6.25. The molecule has 1 N–H and O–H groups in total. The first-order valence-corrected chi connectivity index (χ1v) is 5.76. The van der Waals surface area contributed by atoms with E-state index in [-0.39, 0.29) is 0 Å². The lowest BCUT2D eigenvalue weighted by atomic mass is 10.2. The number of ether oxygens (including phenoxy) is 3. The van der Waals surface area contributed by atoms with Gasteiger partial charge in [-0.15, -0.1) is 0 Å². The first-order chi connectivity index (χ1) is 8.31. The molecule has 0 radical (unpaired) electrons. The smallest absolute Gasteiger partial charge is 0.162 e. The van der Waals surface area contributed by atoms with Gasteiger partial charge in [-0.2, -0.15) is 0 Å². The highest BCUT2D eigenvalue weighted by Gasteiger charge is 2.03. The summed E-state index contributed by atoms with van der Waals surface area (Å²) in [6.07, 6.45) is 2.15. The van der Waals surface area contributed by atoms with Gasteiger partial charge in [0.15, 0.2) is 11.5 Å². The zero-order chi connectivity index (χ0) is 12.5. The summed E-state index contributed by atoms with van der Waals surface area (Å²) < 4.78 is 15.4. The molecule has 0 heterocycles. The lowest BCUT2D eigenvalue weighted by molar-refractivity contribution is 0.194. The van der Waals surface area contributed by atoms with E-state index >= 15 is 0 Å². The molecule has 0 saturated carbocycles. The molecule has 0 aromatic heterocycles. The van der Waals surface area contributed by atoms with Gasteiger partial charge < -0.3 is 19.5 Å². The summed E-state index contributed by atoms with van der Waals surface area (Å²) in [5.74, 6) is 1.49. The van der Waals surface area contributed by atoms with Gasteiger partial charge in [-0.1, -0.05) is 0 Å². The number of anilines is 1. The SMILES string of the molecule is COCCCCNc1ccc(OC)c(OC)c1. The Bertz CT molecular complexity index is 328. The van der Waals surface area contributed by atoms with Crippen LogP contribution in [0.15, 0.2) is 18.2 Å². The number of hydrogen-bond acceptors (Lipinski definition) is 4. The lowest BCUT2D eigenvalue weighted by Crippen LogP contribution is -2.03. The van der Waals surface area contributed by atoms with Gasteiger partial charge in [-0.3, -0.25) is 0 Å². The normalized spacial score (nSPS) is 10.1. The highest BCUT2D eigenvalue weighted by atomic mass is 16.5. The summed E-state index contributed by atoms with van der Waals surface area (Å²) in [6, 6.07) is 5.82. The summed E-state index contributed by atoms with van der Waals surface area (Å²) in [5, 5.41) is 3.34. The fourth-order valence-corrected chi connectivity index (χ4v) is 1.55. The average molecular weight is 239 g/mol. The summed E-state index contributed by atoms with van der Waals surface area (Å²) in [6.45, 7) is 1.74. The van der Waals surface area contributed by atoms with Crippen molar-refractivity contribution < 1.29 is 14.2 Å². The van der Waals surface area contributed by atoms with Crippen LogP contribution in [0.2, 0.25) is 0 Å². The topological polar surface area (TPSA) is 39.7 Å². The molecule has 0 spiro atoms. The van der Waals surface area contributed by atoms with Crippen molar-refractivity contribution in [3.63, 3.8) is 0 Å². The molecule has 17 heavy (non-hydrogen) atoms. The maximum Gasteiger partial charge on any atom is 0.162 e. The molecule has 0 fully saturated rings. The van der Waals surface area contributed by atoms with Crippen LogP contribution in [0.4, 0.5) is 5.69 Å². The minimum Gasteiger partial charge on any atom is -0.493 e. The van der Waals surface area contributed by atoms with E-state index in [1.807, 2.05) is 18.2 Å². The second-order valence-electron chi connectivity index (χ2n) is 3.70. The zero-order valence-electron chi connectivity index (χ0n) is 10.8. The first-order valence-electron chi connectivity index (χ1n) is 5.76. The number of unbranched alkanes of at least 4 members (excludes halogenated alkanes) is 1. The molecule has 0 saturated heterocycles. The standard InChI is InChI=1S/C13H21NO3/c1-15-9-5-4-8-14-11-6-7-12(16-2)13(10-11)17-3/h6-7,10,14H,4-5,8-9H2,1-3H3. The molecule has 0 atom stereocenters. The van der Waals surface area contributed by atoms with Crippen LogP contribution in [0, 0.1) is 0 Å². The summed E-state index contributed by atoms with van der Waals surface area (Å²) in [5.41, 5.74) is 1.04. The third-order valence-electron chi connectivity index (χ3n) is 2.49. The van der Waals surface area contributed by atoms with E-state index in [1.165, 1.54) is 0 Å². The minimum absolute atomic E-state index is 0.745. The Balaban J connectivity index is 2.43. The van der Waals surface area contributed by atoms with Gasteiger partial charge >= 0.3 is 0 Å². The van der Waals surface area contributed by atoms with Crippen LogP contribution in [0.3, 0.4) is 0 Å². The molecule has 0 amide bonds. The second kappa shape index (κ2) is 7.79. The number of nitrogens with one attached hydrogen (secondary N) is 1. The molecular formula is C13H21NO3. The molecule has 0 aliphatic heterocycles. The maximum absolute atomic E-state index is 5.24. The van der Waals surface area contributed by atoms with Crippen molar-refractivity contribution in [1.82, 2.24) is 0 Å². The number of methoxy groups -OCH3 is 3. The van der Waals surface area contributed by atoms with Crippen LogP contribution in [0.25, 0.3) is 0 Å². The van der Waals surface area contributed by atoms with Crippen LogP contribution in [-0.4, -0.2) is 34.5 Å².